The SMILES string of the molecule is CCCCC(CC)CNC(=O)NCCO. The van der Waals surface area contributed by atoms with Gasteiger partial charge >= 0.3 is 6.03 Å². The van der Waals surface area contributed by atoms with Crippen molar-refractivity contribution in [3.63, 3.8) is 0 Å². The summed E-state index contributed by atoms with van der Waals surface area (Å²) in [5.41, 5.74) is 0. The Hall–Kier alpha value is -0.770. The Balaban J connectivity index is 3.55. The molecule has 1 atom stereocenters. The van der Waals surface area contributed by atoms with E-state index in [9.17, 15) is 4.79 Å². The normalized spacial score (nSPS) is 12.2. The smallest absolute Gasteiger partial charge is 0.314 e. The highest BCUT2D eigenvalue weighted by atomic mass is 16.3. The molecule has 0 spiro atoms. The summed E-state index contributed by atoms with van der Waals surface area (Å²) in [4.78, 5) is 11.2. The molecule has 0 aromatic rings. The lowest BCUT2D eigenvalue weighted by atomic mass is 9.99. The van der Waals surface area contributed by atoms with E-state index in [2.05, 4.69) is 24.5 Å². The zero-order valence-electron chi connectivity index (χ0n) is 9.88. The summed E-state index contributed by atoms with van der Waals surface area (Å²) in [6.45, 7) is 5.35. The van der Waals surface area contributed by atoms with Gasteiger partial charge in [-0.05, 0) is 12.3 Å². The second-order valence-electron chi connectivity index (χ2n) is 3.78. The van der Waals surface area contributed by atoms with Crippen LogP contribution in [0.15, 0.2) is 0 Å². The summed E-state index contributed by atoms with van der Waals surface area (Å²) in [7, 11) is 0. The first-order valence-corrected chi connectivity index (χ1v) is 5.87. The van der Waals surface area contributed by atoms with Crippen molar-refractivity contribution in [3.05, 3.63) is 0 Å². The Bertz CT molecular complexity index is 163. The average Bonchev–Trinajstić information content (AvgIpc) is 2.26. The molecule has 0 aromatic heterocycles. The van der Waals surface area contributed by atoms with E-state index in [0.29, 0.717) is 12.5 Å². The maximum atomic E-state index is 11.2. The largest absolute Gasteiger partial charge is 0.395 e. The van der Waals surface area contributed by atoms with E-state index in [1.807, 2.05) is 0 Å². The van der Waals surface area contributed by atoms with Gasteiger partial charge in [0.1, 0.15) is 0 Å². The summed E-state index contributed by atoms with van der Waals surface area (Å²) in [6.07, 6.45) is 4.69. The first-order valence-electron chi connectivity index (χ1n) is 5.87. The first-order chi connectivity index (χ1) is 7.24. The van der Waals surface area contributed by atoms with Crippen molar-refractivity contribution in [2.75, 3.05) is 19.7 Å². The van der Waals surface area contributed by atoms with Crippen LogP contribution in [0.4, 0.5) is 4.79 Å². The van der Waals surface area contributed by atoms with Gasteiger partial charge in [-0.2, -0.15) is 0 Å². The fourth-order valence-corrected chi connectivity index (χ4v) is 1.41. The summed E-state index contributed by atoms with van der Waals surface area (Å²) in [5, 5.41) is 13.9. The minimum atomic E-state index is -0.181. The number of hydrogen-bond donors (Lipinski definition) is 3. The maximum absolute atomic E-state index is 11.2. The number of urea groups is 1. The number of rotatable bonds is 8. The van der Waals surface area contributed by atoms with Crippen molar-refractivity contribution in [2.45, 2.75) is 39.5 Å². The van der Waals surface area contributed by atoms with Gasteiger partial charge in [-0.3, -0.25) is 0 Å². The molecule has 4 heteroatoms. The van der Waals surface area contributed by atoms with E-state index in [1.54, 1.807) is 0 Å². The quantitative estimate of drug-likeness (QED) is 0.575. The van der Waals surface area contributed by atoms with Crippen LogP contribution >= 0.6 is 0 Å². The van der Waals surface area contributed by atoms with Crippen LogP contribution in [0.5, 0.6) is 0 Å². The minimum absolute atomic E-state index is 0.0134. The molecule has 0 bridgehead atoms. The number of hydrogen-bond acceptors (Lipinski definition) is 2. The van der Waals surface area contributed by atoms with Gasteiger partial charge in [0.05, 0.1) is 6.61 Å². The van der Waals surface area contributed by atoms with E-state index in [0.717, 1.165) is 13.0 Å². The van der Waals surface area contributed by atoms with E-state index >= 15 is 0 Å². The molecule has 15 heavy (non-hydrogen) atoms. The van der Waals surface area contributed by atoms with Crippen LogP contribution in [-0.2, 0) is 0 Å². The zero-order valence-corrected chi connectivity index (χ0v) is 9.88. The van der Waals surface area contributed by atoms with Gasteiger partial charge in [-0.15, -0.1) is 0 Å². The second-order valence-corrected chi connectivity index (χ2v) is 3.78. The third-order valence-electron chi connectivity index (χ3n) is 2.49. The molecule has 0 saturated carbocycles. The van der Waals surface area contributed by atoms with Crippen molar-refractivity contribution in [3.8, 4) is 0 Å². The predicted octanol–water partition coefficient (Wildman–Crippen LogP) is 1.49. The Labute approximate surface area is 92.4 Å². The molecular weight excluding hydrogens is 192 g/mol. The molecular formula is C11H24N2O2. The fraction of sp³-hybridized carbons (Fsp3) is 0.909. The van der Waals surface area contributed by atoms with Crippen molar-refractivity contribution >= 4 is 6.03 Å². The third-order valence-corrected chi connectivity index (χ3v) is 2.49. The van der Waals surface area contributed by atoms with Gasteiger partial charge in [0.15, 0.2) is 0 Å². The van der Waals surface area contributed by atoms with Gasteiger partial charge in [0.25, 0.3) is 0 Å². The van der Waals surface area contributed by atoms with Crippen LogP contribution in [0.25, 0.3) is 0 Å². The lowest BCUT2D eigenvalue weighted by Gasteiger charge is -2.15. The van der Waals surface area contributed by atoms with Crippen LogP contribution in [-0.4, -0.2) is 30.8 Å². The first kappa shape index (κ1) is 14.2. The average molecular weight is 216 g/mol. The van der Waals surface area contributed by atoms with Crippen molar-refractivity contribution in [2.24, 2.45) is 5.92 Å². The fourth-order valence-electron chi connectivity index (χ4n) is 1.41. The van der Waals surface area contributed by atoms with Crippen LogP contribution in [0.3, 0.4) is 0 Å². The standard InChI is InChI=1S/C11H24N2O2/c1-3-5-6-10(4-2)9-13-11(15)12-7-8-14/h10,14H,3-9H2,1-2H3,(H2,12,13,15). The lowest BCUT2D eigenvalue weighted by molar-refractivity contribution is 0.231. The molecule has 90 valence electrons. The lowest BCUT2D eigenvalue weighted by Crippen LogP contribution is -2.39. The monoisotopic (exact) mass is 216 g/mol. The topological polar surface area (TPSA) is 61.4 Å². The van der Waals surface area contributed by atoms with Gasteiger partial charge < -0.3 is 15.7 Å². The number of unbranched alkanes of at least 4 members (excludes halogenated alkanes) is 1. The van der Waals surface area contributed by atoms with Crippen LogP contribution in [0, 0.1) is 5.92 Å². The van der Waals surface area contributed by atoms with Crippen molar-refractivity contribution in [1.29, 1.82) is 0 Å². The van der Waals surface area contributed by atoms with Crippen LogP contribution < -0.4 is 10.6 Å². The Kier molecular flexibility index (Phi) is 9.27. The Morgan fingerprint density at radius 2 is 2.07 bits per heavy atom. The molecule has 2 amide bonds. The molecule has 0 aliphatic heterocycles. The van der Waals surface area contributed by atoms with Crippen molar-refractivity contribution in [1.82, 2.24) is 10.6 Å². The molecule has 3 N–H and O–H groups in total. The van der Waals surface area contributed by atoms with Gasteiger partial charge in [-0.1, -0.05) is 33.1 Å². The number of carbonyl (C=O) groups excluding carboxylic acids is 1. The van der Waals surface area contributed by atoms with E-state index in [-0.39, 0.29) is 12.6 Å². The molecule has 0 saturated heterocycles. The van der Waals surface area contributed by atoms with Crippen LogP contribution in [0.2, 0.25) is 0 Å². The Morgan fingerprint density at radius 1 is 1.33 bits per heavy atom. The number of amides is 2. The molecule has 0 radical (unpaired) electrons. The molecule has 0 aliphatic carbocycles. The van der Waals surface area contributed by atoms with Gasteiger partial charge in [-0.25, -0.2) is 4.79 Å². The second kappa shape index (κ2) is 9.77. The minimum Gasteiger partial charge on any atom is -0.395 e. The van der Waals surface area contributed by atoms with Gasteiger partial charge in [0.2, 0.25) is 0 Å². The third kappa shape index (κ3) is 8.24. The van der Waals surface area contributed by atoms with Gasteiger partial charge in [0, 0.05) is 13.1 Å². The number of carbonyl (C=O) groups is 1. The summed E-state index contributed by atoms with van der Waals surface area (Å²) >= 11 is 0. The summed E-state index contributed by atoms with van der Waals surface area (Å²) < 4.78 is 0. The Morgan fingerprint density at radius 3 is 2.60 bits per heavy atom. The predicted molar refractivity (Wildman–Crippen MR) is 61.8 cm³/mol. The zero-order chi connectivity index (χ0) is 11.5. The van der Waals surface area contributed by atoms with Crippen LogP contribution in [0.1, 0.15) is 39.5 Å². The number of aliphatic hydroxyl groups excluding tert-OH is 1. The summed E-state index contributed by atoms with van der Waals surface area (Å²) in [5.74, 6) is 0.574. The molecule has 0 rings (SSSR count). The molecule has 0 fully saturated rings. The maximum Gasteiger partial charge on any atom is 0.314 e. The highest BCUT2D eigenvalue weighted by molar-refractivity contribution is 5.73. The van der Waals surface area contributed by atoms with Crippen molar-refractivity contribution < 1.29 is 9.90 Å². The molecule has 1 unspecified atom stereocenters. The highest BCUT2D eigenvalue weighted by Crippen LogP contribution is 2.10. The van der Waals surface area contributed by atoms with E-state index < -0.39 is 0 Å². The molecule has 0 aromatic carbocycles. The molecule has 0 heterocycles. The number of aliphatic hydroxyl groups is 1. The molecule has 0 aliphatic rings. The highest BCUT2D eigenvalue weighted by Gasteiger charge is 2.07. The summed E-state index contributed by atoms with van der Waals surface area (Å²) in [6, 6.07) is -0.181. The molecule has 4 nitrogen and oxygen atoms in total. The van der Waals surface area contributed by atoms with E-state index in [1.165, 1.54) is 19.3 Å². The number of nitrogens with one attached hydrogen (secondary N) is 2. The van der Waals surface area contributed by atoms with E-state index in [4.69, 9.17) is 5.11 Å².